The summed E-state index contributed by atoms with van der Waals surface area (Å²) >= 11 is 14.3. The fourth-order valence-corrected chi connectivity index (χ4v) is 4.64. The maximum atomic E-state index is 6.59. The van der Waals surface area contributed by atoms with Crippen LogP contribution in [0.2, 0.25) is 10.0 Å². The van der Waals surface area contributed by atoms with Crippen LogP contribution in [0.15, 0.2) is 72.9 Å². The molecule has 2 aromatic heterocycles. The van der Waals surface area contributed by atoms with Crippen LogP contribution in [-0.4, -0.2) is 9.97 Å². The molecule has 0 saturated carbocycles. The van der Waals surface area contributed by atoms with Crippen molar-refractivity contribution in [1.82, 2.24) is 9.97 Å². The summed E-state index contributed by atoms with van der Waals surface area (Å²) in [5, 5.41) is 6.67. The summed E-state index contributed by atoms with van der Waals surface area (Å²) in [6.07, 6.45) is 1.76. The number of hydrogen-bond acceptors (Lipinski definition) is 4. The molecule has 3 aromatic carbocycles. The van der Waals surface area contributed by atoms with Gasteiger partial charge in [-0.25, -0.2) is 4.98 Å². The number of hydrogen-bond donors (Lipinski definition) is 1. The number of nitrogens with one attached hydrogen (secondary N) is 1. The first-order chi connectivity index (χ1) is 13.7. The Morgan fingerprint density at radius 2 is 1.75 bits per heavy atom. The number of fused-ring (bicyclic) bond motifs is 2. The molecular formula is C22H13Cl2N3S. The Morgan fingerprint density at radius 3 is 2.61 bits per heavy atom. The topological polar surface area (TPSA) is 37.8 Å². The molecular weight excluding hydrogens is 409 g/mol. The van der Waals surface area contributed by atoms with E-state index in [1.807, 2.05) is 60.7 Å². The highest BCUT2D eigenvalue weighted by Crippen LogP contribution is 2.36. The average Bonchev–Trinajstić information content (AvgIpc) is 3.12. The van der Waals surface area contributed by atoms with Gasteiger partial charge in [0.15, 0.2) is 0 Å². The zero-order chi connectivity index (χ0) is 19.1. The van der Waals surface area contributed by atoms with Gasteiger partial charge in [-0.15, -0.1) is 11.3 Å². The van der Waals surface area contributed by atoms with Crippen LogP contribution in [0, 0.1) is 0 Å². The Balaban J connectivity index is 1.50. The third-order valence-electron chi connectivity index (χ3n) is 4.48. The highest BCUT2D eigenvalue weighted by molar-refractivity contribution is 7.21. The Kier molecular flexibility index (Phi) is 4.40. The molecule has 0 saturated heterocycles. The lowest BCUT2D eigenvalue weighted by Crippen LogP contribution is -1.93. The van der Waals surface area contributed by atoms with E-state index < -0.39 is 0 Å². The van der Waals surface area contributed by atoms with E-state index in [4.69, 9.17) is 28.2 Å². The Morgan fingerprint density at radius 1 is 0.857 bits per heavy atom. The molecule has 0 atom stereocenters. The first-order valence-corrected chi connectivity index (χ1v) is 10.2. The number of pyridine rings is 1. The molecule has 5 aromatic rings. The fourth-order valence-electron chi connectivity index (χ4n) is 3.14. The minimum Gasteiger partial charge on any atom is -0.355 e. The molecule has 0 bridgehead atoms. The number of thiazole rings is 1. The highest BCUT2D eigenvalue weighted by Gasteiger charge is 2.11. The van der Waals surface area contributed by atoms with Crippen LogP contribution < -0.4 is 5.32 Å². The minimum atomic E-state index is 0.658. The van der Waals surface area contributed by atoms with E-state index >= 15 is 0 Å². The van der Waals surface area contributed by atoms with Gasteiger partial charge in [0, 0.05) is 33.5 Å². The van der Waals surface area contributed by atoms with Crippen molar-refractivity contribution >= 4 is 67.0 Å². The molecule has 6 heteroatoms. The Hall–Kier alpha value is -2.66. The van der Waals surface area contributed by atoms with E-state index in [0.717, 1.165) is 43.1 Å². The van der Waals surface area contributed by atoms with Gasteiger partial charge in [-0.3, -0.25) is 4.98 Å². The first kappa shape index (κ1) is 17.4. The van der Waals surface area contributed by atoms with Crippen molar-refractivity contribution in [3.05, 3.63) is 83.0 Å². The van der Waals surface area contributed by atoms with Gasteiger partial charge < -0.3 is 5.32 Å². The third-order valence-corrected chi connectivity index (χ3v) is 6.09. The molecule has 0 unspecified atom stereocenters. The van der Waals surface area contributed by atoms with Gasteiger partial charge in [0.1, 0.15) is 5.01 Å². The van der Waals surface area contributed by atoms with Crippen LogP contribution >= 0.6 is 34.5 Å². The molecule has 0 fully saturated rings. The molecule has 28 heavy (non-hydrogen) atoms. The number of nitrogens with zero attached hydrogens (tertiary/aromatic N) is 2. The molecule has 3 nitrogen and oxygen atoms in total. The maximum absolute atomic E-state index is 6.59. The second-order valence-corrected chi connectivity index (χ2v) is 8.20. The first-order valence-electron chi connectivity index (χ1n) is 8.64. The Bertz CT molecular complexity index is 1300. The van der Waals surface area contributed by atoms with E-state index in [2.05, 4.69) is 16.4 Å². The van der Waals surface area contributed by atoms with E-state index in [0.29, 0.717) is 10.0 Å². The summed E-state index contributed by atoms with van der Waals surface area (Å²) in [7, 11) is 0. The van der Waals surface area contributed by atoms with E-state index in [9.17, 15) is 0 Å². The summed E-state index contributed by atoms with van der Waals surface area (Å²) in [5.74, 6) is 0. The SMILES string of the molecule is Clc1ccc2c(Nc3ccc(-c4nc5ccccc5s4)c(Cl)c3)ccnc2c1. The lowest BCUT2D eigenvalue weighted by molar-refractivity contribution is 1.40. The predicted molar refractivity (Wildman–Crippen MR) is 120 cm³/mol. The van der Waals surface area contributed by atoms with Crippen molar-refractivity contribution in [2.75, 3.05) is 5.32 Å². The van der Waals surface area contributed by atoms with Crippen LogP contribution in [0.25, 0.3) is 31.7 Å². The van der Waals surface area contributed by atoms with E-state index in [1.165, 1.54) is 0 Å². The molecule has 0 aliphatic heterocycles. The maximum Gasteiger partial charge on any atom is 0.126 e. The van der Waals surface area contributed by atoms with Gasteiger partial charge in [-0.2, -0.15) is 0 Å². The monoisotopic (exact) mass is 421 g/mol. The van der Waals surface area contributed by atoms with Gasteiger partial charge in [0.25, 0.3) is 0 Å². The molecule has 0 spiro atoms. The second kappa shape index (κ2) is 7.06. The molecule has 2 heterocycles. The normalized spacial score (nSPS) is 11.2. The lowest BCUT2D eigenvalue weighted by Gasteiger charge is -2.11. The predicted octanol–water partition coefficient (Wildman–Crippen LogP) is 7.56. The summed E-state index contributed by atoms with van der Waals surface area (Å²) in [5.41, 5.74) is 4.61. The average molecular weight is 422 g/mol. The van der Waals surface area contributed by atoms with Crippen molar-refractivity contribution in [2.45, 2.75) is 0 Å². The smallest absolute Gasteiger partial charge is 0.126 e. The molecule has 0 radical (unpaired) electrons. The van der Waals surface area contributed by atoms with E-state index in [1.54, 1.807) is 17.5 Å². The van der Waals surface area contributed by atoms with Gasteiger partial charge >= 0.3 is 0 Å². The van der Waals surface area contributed by atoms with Crippen LogP contribution in [0.5, 0.6) is 0 Å². The second-order valence-electron chi connectivity index (χ2n) is 6.33. The van der Waals surface area contributed by atoms with Gasteiger partial charge in [0.05, 0.1) is 20.8 Å². The number of rotatable bonds is 3. The highest BCUT2D eigenvalue weighted by atomic mass is 35.5. The number of aromatic nitrogens is 2. The molecule has 0 amide bonds. The molecule has 0 aliphatic carbocycles. The van der Waals surface area contributed by atoms with Crippen molar-refractivity contribution in [3.63, 3.8) is 0 Å². The van der Waals surface area contributed by atoms with Crippen LogP contribution in [0.3, 0.4) is 0 Å². The summed E-state index contributed by atoms with van der Waals surface area (Å²) < 4.78 is 1.15. The largest absolute Gasteiger partial charge is 0.355 e. The quantitative estimate of drug-likeness (QED) is 0.326. The minimum absolute atomic E-state index is 0.658. The van der Waals surface area contributed by atoms with Gasteiger partial charge in [-0.1, -0.05) is 35.3 Å². The van der Waals surface area contributed by atoms with Gasteiger partial charge in [0.2, 0.25) is 0 Å². The zero-order valence-corrected chi connectivity index (χ0v) is 16.8. The summed E-state index contributed by atoms with van der Waals surface area (Å²) in [6, 6.07) is 21.6. The van der Waals surface area contributed by atoms with Crippen molar-refractivity contribution < 1.29 is 0 Å². The molecule has 0 aliphatic rings. The van der Waals surface area contributed by atoms with E-state index in [-0.39, 0.29) is 0 Å². The van der Waals surface area contributed by atoms with Crippen molar-refractivity contribution in [1.29, 1.82) is 0 Å². The molecule has 1 N–H and O–H groups in total. The Labute approximate surface area is 175 Å². The van der Waals surface area contributed by atoms with Gasteiger partial charge in [-0.05, 0) is 54.6 Å². The number of para-hydroxylation sites is 1. The molecule has 5 rings (SSSR count). The number of benzene rings is 3. The van der Waals surface area contributed by atoms with Crippen LogP contribution in [0.4, 0.5) is 11.4 Å². The standard InChI is InChI=1S/C22H13Cl2N3S/c23-13-5-7-16-18(9-10-25-20(16)11-13)26-14-6-8-15(17(24)12-14)22-27-19-3-1-2-4-21(19)28-22/h1-12H,(H,25,26). The summed E-state index contributed by atoms with van der Waals surface area (Å²) in [4.78, 5) is 9.08. The van der Waals surface area contributed by atoms with Crippen LogP contribution in [0.1, 0.15) is 0 Å². The zero-order valence-electron chi connectivity index (χ0n) is 14.5. The third kappa shape index (κ3) is 3.20. The van der Waals surface area contributed by atoms with Crippen molar-refractivity contribution in [2.24, 2.45) is 0 Å². The molecule has 136 valence electrons. The number of anilines is 2. The van der Waals surface area contributed by atoms with Crippen LogP contribution in [-0.2, 0) is 0 Å². The van der Waals surface area contributed by atoms with Crippen molar-refractivity contribution in [3.8, 4) is 10.6 Å². The fraction of sp³-hybridized carbons (Fsp3) is 0. The lowest BCUT2D eigenvalue weighted by atomic mass is 10.1. The summed E-state index contributed by atoms with van der Waals surface area (Å²) in [6.45, 7) is 0. The number of halogens is 2.